The Morgan fingerprint density at radius 2 is 1.90 bits per heavy atom. The number of halogens is 1. The zero-order valence-corrected chi connectivity index (χ0v) is 15.0. The van der Waals surface area contributed by atoms with Crippen LogP contribution in [0, 0.1) is 0 Å². The van der Waals surface area contributed by atoms with Crippen molar-refractivity contribution in [2.75, 3.05) is 6.54 Å². The van der Waals surface area contributed by atoms with Crippen LogP contribution in [0.1, 0.15) is 51.5 Å². The molecule has 0 spiro atoms. The van der Waals surface area contributed by atoms with Crippen molar-refractivity contribution in [2.24, 2.45) is 0 Å². The van der Waals surface area contributed by atoms with E-state index in [9.17, 15) is 0 Å². The number of nitrogens with one attached hydrogen (secondary N) is 2. The van der Waals surface area contributed by atoms with Gasteiger partial charge in [0.1, 0.15) is 0 Å². The standard InChI is InChI=1S/C18H29BrN2/c1-14(12-16-7-9-17(19)10-8-16)21-15(2)13-18-6-4-3-5-11-20-18/h7-10,14-15,18,20-21H,3-6,11-13H2,1-2H3. The summed E-state index contributed by atoms with van der Waals surface area (Å²) in [6.45, 7) is 5.82. The van der Waals surface area contributed by atoms with Gasteiger partial charge in [-0.25, -0.2) is 0 Å². The van der Waals surface area contributed by atoms with Crippen molar-refractivity contribution < 1.29 is 0 Å². The first-order valence-electron chi connectivity index (χ1n) is 8.37. The molecular weight excluding hydrogens is 324 g/mol. The summed E-state index contributed by atoms with van der Waals surface area (Å²) in [5.74, 6) is 0. The van der Waals surface area contributed by atoms with Crippen LogP contribution in [-0.2, 0) is 6.42 Å². The van der Waals surface area contributed by atoms with E-state index < -0.39 is 0 Å². The lowest BCUT2D eigenvalue weighted by atomic mass is 10.0. The summed E-state index contributed by atoms with van der Waals surface area (Å²) < 4.78 is 1.15. The van der Waals surface area contributed by atoms with Gasteiger partial charge in [-0.3, -0.25) is 0 Å². The maximum atomic E-state index is 3.76. The summed E-state index contributed by atoms with van der Waals surface area (Å²) in [6, 6.07) is 10.5. The van der Waals surface area contributed by atoms with Crippen LogP contribution in [0.2, 0.25) is 0 Å². The van der Waals surface area contributed by atoms with Crippen molar-refractivity contribution in [1.29, 1.82) is 0 Å². The van der Waals surface area contributed by atoms with E-state index in [1.807, 2.05) is 0 Å². The van der Waals surface area contributed by atoms with Crippen molar-refractivity contribution in [2.45, 2.75) is 70.5 Å². The molecule has 1 aromatic carbocycles. The first-order valence-corrected chi connectivity index (χ1v) is 9.16. The second-order valence-corrected chi connectivity index (χ2v) is 7.45. The topological polar surface area (TPSA) is 24.1 Å². The van der Waals surface area contributed by atoms with Crippen LogP contribution in [0.25, 0.3) is 0 Å². The Kier molecular flexibility index (Phi) is 7.21. The van der Waals surface area contributed by atoms with Gasteiger partial charge in [0.05, 0.1) is 0 Å². The molecule has 2 rings (SSSR count). The largest absolute Gasteiger partial charge is 0.314 e. The first-order chi connectivity index (χ1) is 10.1. The number of benzene rings is 1. The van der Waals surface area contributed by atoms with E-state index in [-0.39, 0.29) is 0 Å². The van der Waals surface area contributed by atoms with Crippen molar-refractivity contribution in [3.05, 3.63) is 34.3 Å². The fraction of sp³-hybridized carbons (Fsp3) is 0.667. The normalized spacial score (nSPS) is 22.5. The van der Waals surface area contributed by atoms with Crippen LogP contribution in [0.5, 0.6) is 0 Å². The maximum absolute atomic E-state index is 3.76. The molecule has 3 unspecified atom stereocenters. The molecule has 1 heterocycles. The lowest BCUT2D eigenvalue weighted by Gasteiger charge is -2.24. The molecule has 3 atom stereocenters. The number of rotatable bonds is 6. The van der Waals surface area contributed by atoms with Gasteiger partial charge < -0.3 is 10.6 Å². The van der Waals surface area contributed by atoms with Crippen LogP contribution in [0.15, 0.2) is 28.7 Å². The molecule has 1 saturated heterocycles. The minimum atomic E-state index is 0.520. The van der Waals surface area contributed by atoms with E-state index in [0.717, 1.165) is 10.9 Å². The monoisotopic (exact) mass is 352 g/mol. The minimum absolute atomic E-state index is 0.520. The molecule has 0 aromatic heterocycles. The lowest BCUT2D eigenvalue weighted by molar-refractivity contribution is 0.376. The predicted octanol–water partition coefficient (Wildman–Crippen LogP) is 4.28. The van der Waals surface area contributed by atoms with Gasteiger partial charge in [-0.2, -0.15) is 0 Å². The SMILES string of the molecule is CC(Cc1ccc(Br)cc1)NC(C)CC1CCCCCN1. The molecule has 0 bridgehead atoms. The Hall–Kier alpha value is -0.380. The van der Waals surface area contributed by atoms with Crippen LogP contribution < -0.4 is 10.6 Å². The maximum Gasteiger partial charge on any atom is 0.0175 e. The molecule has 3 heteroatoms. The Morgan fingerprint density at radius 3 is 2.67 bits per heavy atom. The van der Waals surface area contributed by atoms with Crippen LogP contribution in [0.4, 0.5) is 0 Å². The smallest absolute Gasteiger partial charge is 0.0175 e. The van der Waals surface area contributed by atoms with Crippen molar-refractivity contribution in [3.63, 3.8) is 0 Å². The third kappa shape index (κ3) is 6.50. The molecule has 1 aromatic rings. The number of hydrogen-bond donors (Lipinski definition) is 2. The van der Waals surface area contributed by atoms with Crippen LogP contribution in [0.3, 0.4) is 0 Å². The Labute approximate surface area is 138 Å². The van der Waals surface area contributed by atoms with E-state index >= 15 is 0 Å². The second kappa shape index (κ2) is 8.92. The molecule has 1 aliphatic rings. The third-order valence-corrected chi connectivity index (χ3v) is 4.85. The summed E-state index contributed by atoms with van der Waals surface area (Å²) in [7, 11) is 0. The molecule has 2 N–H and O–H groups in total. The van der Waals surface area contributed by atoms with Gasteiger partial charge >= 0.3 is 0 Å². The summed E-state index contributed by atoms with van der Waals surface area (Å²) in [4.78, 5) is 0. The fourth-order valence-electron chi connectivity index (χ4n) is 3.32. The molecule has 0 aliphatic carbocycles. The molecule has 0 amide bonds. The van der Waals surface area contributed by atoms with Crippen LogP contribution in [-0.4, -0.2) is 24.7 Å². The average Bonchev–Trinajstić information content (AvgIpc) is 2.69. The Morgan fingerprint density at radius 1 is 1.14 bits per heavy atom. The van der Waals surface area contributed by atoms with Gasteiger partial charge in [0.25, 0.3) is 0 Å². The summed E-state index contributed by atoms with van der Waals surface area (Å²) in [5.41, 5.74) is 1.40. The Balaban J connectivity index is 1.73. The van der Waals surface area contributed by atoms with Gasteiger partial charge in [-0.05, 0) is 63.8 Å². The van der Waals surface area contributed by atoms with E-state index in [0.29, 0.717) is 18.1 Å². The molecule has 1 aliphatic heterocycles. The van der Waals surface area contributed by atoms with Crippen LogP contribution >= 0.6 is 15.9 Å². The highest BCUT2D eigenvalue weighted by Gasteiger charge is 2.16. The molecule has 0 saturated carbocycles. The average molecular weight is 353 g/mol. The highest BCUT2D eigenvalue weighted by Crippen LogP contribution is 2.14. The van der Waals surface area contributed by atoms with Gasteiger partial charge in [-0.15, -0.1) is 0 Å². The lowest BCUT2D eigenvalue weighted by Crippen LogP contribution is -2.41. The molecule has 1 fully saturated rings. The first kappa shape index (κ1) is 17.0. The molecular formula is C18H29BrN2. The molecule has 2 nitrogen and oxygen atoms in total. The molecule has 0 radical (unpaired) electrons. The quantitative estimate of drug-likeness (QED) is 0.798. The fourth-order valence-corrected chi connectivity index (χ4v) is 3.58. The molecule has 118 valence electrons. The van der Waals surface area contributed by atoms with Gasteiger partial charge in [0, 0.05) is 22.6 Å². The summed E-state index contributed by atoms with van der Waals surface area (Å²) in [5, 5.41) is 7.46. The second-order valence-electron chi connectivity index (χ2n) is 6.54. The van der Waals surface area contributed by atoms with Crippen molar-refractivity contribution in [3.8, 4) is 0 Å². The van der Waals surface area contributed by atoms with Crippen molar-refractivity contribution >= 4 is 15.9 Å². The van der Waals surface area contributed by atoms with Gasteiger partial charge in [-0.1, -0.05) is 40.9 Å². The van der Waals surface area contributed by atoms with Gasteiger partial charge in [0.2, 0.25) is 0 Å². The van der Waals surface area contributed by atoms with E-state index in [1.54, 1.807) is 0 Å². The Bertz CT molecular complexity index is 396. The van der Waals surface area contributed by atoms with Crippen molar-refractivity contribution in [1.82, 2.24) is 10.6 Å². The van der Waals surface area contributed by atoms with E-state index in [4.69, 9.17) is 0 Å². The van der Waals surface area contributed by atoms with E-state index in [1.165, 1.54) is 44.2 Å². The summed E-state index contributed by atoms with van der Waals surface area (Å²) in [6.07, 6.45) is 7.80. The molecule has 21 heavy (non-hydrogen) atoms. The predicted molar refractivity (Wildman–Crippen MR) is 94.8 cm³/mol. The zero-order valence-electron chi connectivity index (χ0n) is 13.4. The third-order valence-electron chi connectivity index (χ3n) is 4.32. The zero-order chi connectivity index (χ0) is 15.1. The summed E-state index contributed by atoms with van der Waals surface area (Å²) >= 11 is 3.49. The minimum Gasteiger partial charge on any atom is -0.314 e. The number of hydrogen-bond acceptors (Lipinski definition) is 2. The van der Waals surface area contributed by atoms with E-state index in [2.05, 4.69) is 64.7 Å². The highest BCUT2D eigenvalue weighted by atomic mass is 79.9. The highest BCUT2D eigenvalue weighted by molar-refractivity contribution is 9.10. The van der Waals surface area contributed by atoms with Gasteiger partial charge in [0.15, 0.2) is 0 Å².